The second-order valence-electron chi connectivity index (χ2n) is 10.7. The third kappa shape index (κ3) is 9.33. The smallest absolute Gasteiger partial charge is 0.416 e. The van der Waals surface area contributed by atoms with Crippen LogP contribution in [0.5, 0.6) is 0 Å². The van der Waals surface area contributed by atoms with Crippen LogP contribution < -0.4 is 4.90 Å². The minimum atomic E-state index is -4.30. The topological polar surface area (TPSA) is 174 Å². The van der Waals surface area contributed by atoms with E-state index in [1.807, 2.05) is 0 Å². The highest BCUT2D eigenvalue weighted by molar-refractivity contribution is 5.88. The molecule has 0 atom stereocenters. The molecule has 12 nitrogen and oxygen atoms in total. The van der Waals surface area contributed by atoms with Crippen molar-refractivity contribution in [2.45, 2.75) is 63.9 Å². The van der Waals surface area contributed by atoms with Crippen molar-refractivity contribution in [3.8, 4) is 0 Å². The summed E-state index contributed by atoms with van der Waals surface area (Å²) in [7, 11) is 0. The molecule has 15 heteroatoms. The van der Waals surface area contributed by atoms with Crippen LogP contribution in [0.4, 0.5) is 19.0 Å². The summed E-state index contributed by atoms with van der Waals surface area (Å²) in [5, 5.41) is 33.8. The van der Waals surface area contributed by atoms with E-state index >= 15 is 0 Å². The molecule has 0 aliphatic carbocycles. The lowest BCUT2D eigenvalue weighted by Crippen LogP contribution is -2.42. The molecule has 1 saturated heterocycles. The molecule has 0 bridgehead atoms. The lowest BCUT2D eigenvalue weighted by Gasteiger charge is -2.34. The van der Waals surface area contributed by atoms with Crippen LogP contribution in [-0.2, 0) is 44.8 Å². The molecule has 2 aromatic rings. The molecule has 43 heavy (non-hydrogen) atoms. The molecule has 3 heterocycles. The Morgan fingerprint density at radius 3 is 2.02 bits per heavy atom. The third-order valence-corrected chi connectivity index (χ3v) is 6.94. The van der Waals surface area contributed by atoms with Crippen LogP contribution in [0.3, 0.4) is 0 Å². The molecule has 0 spiro atoms. The Morgan fingerprint density at radius 1 is 0.953 bits per heavy atom. The molecule has 0 radical (unpaired) electrons. The monoisotopic (exact) mass is 612 g/mol. The zero-order valence-electron chi connectivity index (χ0n) is 23.8. The van der Waals surface area contributed by atoms with Gasteiger partial charge in [-0.3, -0.25) is 14.5 Å². The number of halogens is 3. The highest BCUT2D eigenvalue weighted by Gasteiger charge is 2.40. The number of hydrogen-bond acceptors (Lipinski definition) is 9. The molecule has 4 N–H and O–H groups in total. The van der Waals surface area contributed by atoms with E-state index in [0.717, 1.165) is 61.1 Å². The number of carbonyl (C=O) groups is 3. The number of anilines is 1. The SMILES string of the molecule is CC(C)c1nc2c(c(N3CCOCC3)n1)CCN(Cc1ccc(C(F)(F)F)cc1)C2.O=C(O)CC(O)(CC(=O)O)C(=O)O. The molecule has 2 aliphatic heterocycles. The maximum atomic E-state index is 12.8. The minimum Gasteiger partial charge on any atom is -0.481 e. The molecule has 0 unspecified atom stereocenters. The number of aliphatic carboxylic acids is 3. The van der Waals surface area contributed by atoms with Crippen molar-refractivity contribution < 1.29 is 52.7 Å². The minimum absolute atomic E-state index is 0.223. The number of aliphatic hydroxyl groups is 1. The Kier molecular flexibility index (Phi) is 11.0. The fourth-order valence-corrected chi connectivity index (χ4v) is 4.68. The van der Waals surface area contributed by atoms with Gasteiger partial charge in [0.05, 0.1) is 37.3 Å². The van der Waals surface area contributed by atoms with E-state index in [-0.39, 0.29) is 5.92 Å². The number of aromatic nitrogens is 2. The molecule has 236 valence electrons. The molecule has 1 fully saturated rings. The van der Waals surface area contributed by atoms with Gasteiger partial charge in [0.25, 0.3) is 0 Å². The predicted octanol–water partition coefficient (Wildman–Crippen LogP) is 2.77. The van der Waals surface area contributed by atoms with Crippen LogP contribution in [0, 0.1) is 0 Å². The normalized spacial score (nSPS) is 15.8. The molecule has 4 rings (SSSR count). The zero-order chi connectivity index (χ0) is 31.9. The average molecular weight is 613 g/mol. The fraction of sp³-hybridized carbons (Fsp3) is 0.536. The summed E-state index contributed by atoms with van der Waals surface area (Å²) in [6.07, 6.45) is -5.76. The molecular weight excluding hydrogens is 577 g/mol. The number of fused-ring (bicyclic) bond motifs is 1. The van der Waals surface area contributed by atoms with Crippen molar-refractivity contribution >= 4 is 23.7 Å². The molecular formula is C28H35F3N4O8. The van der Waals surface area contributed by atoms with Crippen molar-refractivity contribution in [3.63, 3.8) is 0 Å². The van der Waals surface area contributed by atoms with Crippen molar-refractivity contribution in [2.24, 2.45) is 0 Å². The van der Waals surface area contributed by atoms with Gasteiger partial charge >= 0.3 is 24.1 Å². The number of nitrogens with zero attached hydrogens (tertiary/aromatic N) is 4. The summed E-state index contributed by atoms with van der Waals surface area (Å²) < 4.78 is 43.9. The van der Waals surface area contributed by atoms with Crippen molar-refractivity contribution in [2.75, 3.05) is 37.7 Å². The van der Waals surface area contributed by atoms with Gasteiger partial charge in [0.2, 0.25) is 0 Å². The largest absolute Gasteiger partial charge is 0.481 e. The number of carboxylic acid groups (broad SMARTS) is 3. The summed E-state index contributed by atoms with van der Waals surface area (Å²) >= 11 is 0. The van der Waals surface area contributed by atoms with E-state index in [1.165, 1.54) is 5.56 Å². The van der Waals surface area contributed by atoms with Gasteiger partial charge in [-0.15, -0.1) is 0 Å². The number of ether oxygens (including phenoxy) is 1. The summed E-state index contributed by atoms with van der Waals surface area (Å²) in [4.78, 5) is 44.8. The van der Waals surface area contributed by atoms with Crippen LogP contribution in [0.15, 0.2) is 24.3 Å². The van der Waals surface area contributed by atoms with E-state index in [2.05, 4.69) is 23.6 Å². The lowest BCUT2D eigenvalue weighted by atomic mass is 9.96. The fourth-order valence-electron chi connectivity index (χ4n) is 4.68. The quantitative estimate of drug-likeness (QED) is 0.327. The Hall–Kier alpha value is -3.82. The van der Waals surface area contributed by atoms with E-state index in [0.29, 0.717) is 26.3 Å². The first-order valence-corrected chi connectivity index (χ1v) is 13.6. The maximum absolute atomic E-state index is 12.8. The summed E-state index contributed by atoms with van der Waals surface area (Å²) in [5.41, 5.74) is -0.242. The first-order valence-electron chi connectivity index (χ1n) is 13.6. The van der Waals surface area contributed by atoms with Gasteiger partial charge in [0, 0.05) is 44.2 Å². The van der Waals surface area contributed by atoms with Crippen LogP contribution in [0.1, 0.15) is 60.8 Å². The van der Waals surface area contributed by atoms with Crippen LogP contribution in [0.25, 0.3) is 0 Å². The third-order valence-electron chi connectivity index (χ3n) is 6.94. The molecule has 2 aliphatic rings. The molecule has 0 amide bonds. The average Bonchev–Trinajstić information content (AvgIpc) is 2.92. The Labute approximate surface area is 245 Å². The molecule has 0 saturated carbocycles. The number of rotatable bonds is 9. The second-order valence-corrected chi connectivity index (χ2v) is 10.7. The Morgan fingerprint density at radius 2 is 1.53 bits per heavy atom. The summed E-state index contributed by atoms with van der Waals surface area (Å²) in [6, 6.07) is 5.44. The summed E-state index contributed by atoms with van der Waals surface area (Å²) in [6.45, 7) is 9.36. The Bertz CT molecular complexity index is 1280. The summed E-state index contributed by atoms with van der Waals surface area (Å²) in [5.74, 6) is -2.93. The second kappa shape index (κ2) is 14.1. The van der Waals surface area contributed by atoms with Gasteiger partial charge in [0.15, 0.2) is 5.60 Å². The van der Waals surface area contributed by atoms with Crippen LogP contribution in [-0.4, -0.2) is 91.7 Å². The standard InChI is InChI=1S/C22H27F3N4O.C6H8O7/c1-15(2)20-26-19-14-28(13-16-3-5-17(6-4-16)22(23,24)25)8-7-18(19)21(27-20)29-9-11-30-12-10-29;7-3(8)1-6(13,5(11)12)2-4(9)10/h3-6,15H,7-14H2,1-2H3;13H,1-2H2,(H,7,8)(H,9,10)(H,11,12). The maximum Gasteiger partial charge on any atom is 0.416 e. The van der Waals surface area contributed by atoms with Crippen molar-refractivity contribution in [1.29, 1.82) is 0 Å². The van der Waals surface area contributed by atoms with E-state index < -0.39 is 48.1 Å². The van der Waals surface area contributed by atoms with Crippen LogP contribution >= 0.6 is 0 Å². The first-order chi connectivity index (χ1) is 20.1. The van der Waals surface area contributed by atoms with Gasteiger partial charge in [-0.05, 0) is 24.1 Å². The number of alkyl halides is 3. The van der Waals surface area contributed by atoms with Gasteiger partial charge in [0.1, 0.15) is 11.6 Å². The first kappa shape index (κ1) is 33.7. The number of hydrogen-bond donors (Lipinski definition) is 4. The van der Waals surface area contributed by atoms with Crippen molar-refractivity contribution in [1.82, 2.24) is 14.9 Å². The number of carboxylic acids is 3. The van der Waals surface area contributed by atoms with Gasteiger partial charge in [-0.25, -0.2) is 14.8 Å². The van der Waals surface area contributed by atoms with E-state index in [4.69, 9.17) is 35.1 Å². The highest BCUT2D eigenvalue weighted by Crippen LogP contribution is 2.31. The Balaban J connectivity index is 0.000000331. The van der Waals surface area contributed by atoms with E-state index in [1.54, 1.807) is 12.1 Å². The van der Waals surface area contributed by atoms with Crippen LogP contribution in [0.2, 0.25) is 0 Å². The zero-order valence-corrected chi connectivity index (χ0v) is 23.8. The molecule has 1 aromatic carbocycles. The number of benzene rings is 1. The van der Waals surface area contributed by atoms with Gasteiger partial charge in [-0.2, -0.15) is 13.2 Å². The van der Waals surface area contributed by atoms with Gasteiger partial charge < -0.3 is 30.1 Å². The lowest BCUT2D eigenvalue weighted by molar-refractivity contribution is -0.170. The molecule has 1 aromatic heterocycles. The van der Waals surface area contributed by atoms with E-state index in [9.17, 15) is 27.6 Å². The highest BCUT2D eigenvalue weighted by atomic mass is 19.4. The van der Waals surface area contributed by atoms with Gasteiger partial charge in [-0.1, -0.05) is 26.0 Å². The van der Waals surface area contributed by atoms with Crippen molar-refractivity contribution in [3.05, 3.63) is 52.5 Å². The predicted molar refractivity (Wildman–Crippen MR) is 146 cm³/mol. The number of morpholine rings is 1.